The summed E-state index contributed by atoms with van der Waals surface area (Å²) in [5.41, 5.74) is 0.828. The molecule has 2 rings (SSSR count). The Morgan fingerprint density at radius 2 is 2.27 bits per heavy atom. The zero-order valence-electron chi connectivity index (χ0n) is 5.82. The highest BCUT2D eigenvalue weighted by Crippen LogP contribution is 2.36. The average molecular weight is 169 g/mol. The molecular weight excluding hydrogens is 164 g/mol. The Balaban J connectivity index is 2.65. The molecule has 4 nitrogen and oxygen atoms in total. The molecule has 0 aromatic carbocycles. The lowest BCUT2D eigenvalue weighted by Gasteiger charge is -1.99. The molecule has 0 aliphatic carbocycles. The average Bonchev–Trinajstić information content (AvgIpc) is 2.34. The lowest BCUT2D eigenvalue weighted by molar-refractivity contribution is 0.807. The van der Waals surface area contributed by atoms with Crippen LogP contribution in [0.15, 0.2) is 16.6 Å². The van der Waals surface area contributed by atoms with E-state index >= 15 is 0 Å². The van der Waals surface area contributed by atoms with Gasteiger partial charge in [0.25, 0.3) is 0 Å². The van der Waals surface area contributed by atoms with E-state index in [2.05, 4.69) is 20.2 Å². The highest BCUT2D eigenvalue weighted by atomic mass is 35.5. The van der Waals surface area contributed by atoms with Crippen LogP contribution < -0.4 is 0 Å². The molecule has 11 heavy (non-hydrogen) atoms. The molecule has 0 radical (unpaired) electrons. The first-order chi connectivity index (χ1) is 5.29. The van der Waals surface area contributed by atoms with Gasteiger partial charge in [-0.05, 0) is 6.92 Å². The quantitative estimate of drug-likeness (QED) is 0.558. The maximum absolute atomic E-state index is 5.79. The number of hydrogen-bond acceptors (Lipinski definition) is 4. The van der Waals surface area contributed by atoms with E-state index < -0.39 is 0 Å². The van der Waals surface area contributed by atoms with E-state index in [-0.39, 0.29) is 6.04 Å². The van der Waals surface area contributed by atoms with Gasteiger partial charge in [-0.15, -0.1) is 5.11 Å². The van der Waals surface area contributed by atoms with E-state index in [9.17, 15) is 0 Å². The Kier molecular flexibility index (Phi) is 1.35. The van der Waals surface area contributed by atoms with Gasteiger partial charge in [0.2, 0.25) is 0 Å². The third kappa shape index (κ3) is 0.903. The number of aromatic nitrogens is 2. The van der Waals surface area contributed by atoms with Gasteiger partial charge in [-0.25, -0.2) is 9.97 Å². The highest BCUT2D eigenvalue weighted by molar-refractivity contribution is 6.30. The zero-order chi connectivity index (χ0) is 7.84. The van der Waals surface area contributed by atoms with Gasteiger partial charge in [0.15, 0.2) is 5.82 Å². The third-order valence-electron chi connectivity index (χ3n) is 1.56. The van der Waals surface area contributed by atoms with Crippen LogP contribution in [0.4, 0.5) is 5.82 Å². The van der Waals surface area contributed by atoms with Crippen LogP contribution in [0.2, 0.25) is 5.15 Å². The van der Waals surface area contributed by atoms with Gasteiger partial charge in [0.1, 0.15) is 17.5 Å². The van der Waals surface area contributed by atoms with Crippen molar-refractivity contribution in [3.8, 4) is 0 Å². The van der Waals surface area contributed by atoms with Crippen LogP contribution in [-0.2, 0) is 0 Å². The summed E-state index contributed by atoms with van der Waals surface area (Å²) in [4.78, 5) is 7.75. The number of halogens is 1. The fourth-order valence-corrected chi connectivity index (χ4v) is 1.29. The molecule has 0 fully saturated rings. The van der Waals surface area contributed by atoms with Crippen LogP contribution in [0.1, 0.15) is 18.5 Å². The zero-order valence-corrected chi connectivity index (χ0v) is 6.58. The minimum atomic E-state index is -0.00120. The molecule has 0 spiro atoms. The second-order valence-corrected chi connectivity index (χ2v) is 2.65. The SMILES string of the molecule is C[C@H]1N=Nc2ncnc(Cl)c21. The number of azo groups is 1. The fourth-order valence-electron chi connectivity index (χ4n) is 1.00. The van der Waals surface area contributed by atoms with E-state index in [4.69, 9.17) is 11.6 Å². The normalized spacial score (nSPS) is 20.4. The molecule has 56 valence electrons. The molecule has 1 atom stereocenters. The minimum absolute atomic E-state index is 0.00120. The van der Waals surface area contributed by atoms with Gasteiger partial charge in [-0.2, -0.15) is 5.11 Å². The van der Waals surface area contributed by atoms with E-state index in [1.807, 2.05) is 6.92 Å². The fraction of sp³-hybridized carbons (Fsp3) is 0.333. The van der Waals surface area contributed by atoms with Crippen molar-refractivity contribution in [2.24, 2.45) is 10.2 Å². The minimum Gasteiger partial charge on any atom is -0.224 e. The van der Waals surface area contributed by atoms with E-state index in [0.29, 0.717) is 11.0 Å². The van der Waals surface area contributed by atoms with E-state index in [1.54, 1.807) is 0 Å². The van der Waals surface area contributed by atoms with Gasteiger partial charge in [0.05, 0.1) is 5.56 Å². The van der Waals surface area contributed by atoms with Crippen molar-refractivity contribution in [1.82, 2.24) is 9.97 Å². The van der Waals surface area contributed by atoms with Crippen molar-refractivity contribution in [2.45, 2.75) is 13.0 Å². The van der Waals surface area contributed by atoms with Crippen LogP contribution >= 0.6 is 11.6 Å². The lowest BCUT2D eigenvalue weighted by Crippen LogP contribution is -1.90. The number of rotatable bonds is 0. The maximum Gasteiger partial charge on any atom is 0.184 e. The van der Waals surface area contributed by atoms with Crippen LogP contribution in [0.25, 0.3) is 0 Å². The van der Waals surface area contributed by atoms with Crippen LogP contribution in [0.5, 0.6) is 0 Å². The summed E-state index contributed by atoms with van der Waals surface area (Å²) in [6.45, 7) is 1.91. The van der Waals surface area contributed by atoms with Gasteiger partial charge in [-0.1, -0.05) is 11.6 Å². The summed E-state index contributed by atoms with van der Waals surface area (Å²) in [6.07, 6.45) is 1.39. The van der Waals surface area contributed by atoms with Crippen molar-refractivity contribution in [3.05, 3.63) is 17.0 Å². The first kappa shape index (κ1) is 6.67. The molecule has 0 saturated carbocycles. The van der Waals surface area contributed by atoms with Crippen molar-refractivity contribution in [3.63, 3.8) is 0 Å². The first-order valence-electron chi connectivity index (χ1n) is 3.20. The van der Waals surface area contributed by atoms with Crippen LogP contribution in [-0.4, -0.2) is 9.97 Å². The second kappa shape index (κ2) is 2.23. The summed E-state index contributed by atoms with van der Waals surface area (Å²) in [7, 11) is 0. The maximum atomic E-state index is 5.79. The number of fused-ring (bicyclic) bond motifs is 1. The van der Waals surface area contributed by atoms with Gasteiger partial charge in [-0.3, -0.25) is 0 Å². The predicted molar refractivity (Wildman–Crippen MR) is 40.0 cm³/mol. The molecule has 0 saturated heterocycles. The molecule has 2 heterocycles. The Bertz CT molecular complexity index is 322. The van der Waals surface area contributed by atoms with Gasteiger partial charge in [0, 0.05) is 0 Å². The summed E-state index contributed by atoms with van der Waals surface area (Å²) in [5.74, 6) is 0.595. The second-order valence-electron chi connectivity index (χ2n) is 2.29. The number of nitrogens with zero attached hydrogens (tertiary/aromatic N) is 4. The molecule has 5 heteroatoms. The smallest absolute Gasteiger partial charge is 0.184 e. The Labute approximate surface area is 68.3 Å². The first-order valence-corrected chi connectivity index (χ1v) is 3.58. The summed E-state index contributed by atoms with van der Waals surface area (Å²) in [6, 6.07) is -0.00120. The molecule has 1 aliphatic rings. The van der Waals surface area contributed by atoms with Crippen LogP contribution in [0, 0.1) is 0 Å². The topological polar surface area (TPSA) is 50.5 Å². The van der Waals surface area contributed by atoms with Crippen LogP contribution in [0.3, 0.4) is 0 Å². The van der Waals surface area contributed by atoms with Crippen molar-refractivity contribution >= 4 is 17.4 Å². The largest absolute Gasteiger partial charge is 0.224 e. The Morgan fingerprint density at radius 1 is 1.45 bits per heavy atom. The van der Waals surface area contributed by atoms with Crippen molar-refractivity contribution in [2.75, 3.05) is 0 Å². The predicted octanol–water partition coefficient (Wildman–Crippen LogP) is 2.29. The standard InChI is InChI=1S/C6H5ClN4/c1-3-4-5(7)8-2-9-6(4)11-10-3/h2-3H,1H3/t3-/m1/s1. The summed E-state index contributed by atoms with van der Waals surface area (Å²) < 4.78 is 0. The molecule has 1 aromatic rings. The van der Waals surface area contributed by atoms with Crippen molar-refractivity contribution in [1.29, 1.82) is 0 Å². The monoisotopic (exact) mass is 168 g/mol. The molecule has 1 aromatic heterocycles. The molecule has 0 unspecified atom stereocenters. The van der Waals surface area contributed by atoms with E-state index in [1.165, 1.54) is 6.33 Å². The molecule has 0 N–H and O–H groups in total. The molecular formula is C6H5ClN4. The van der Waals surface area contributed by atoms with E-state index in [0.717, 1.165) is 5.56 Å². The van der Waals surface area contributed by atoms with Gasteiger partial charge >= 0.3 is 0 Å². The summed E-state index contributed by atoms with van der Waals surface area (Å²) in [5, 5.41) is 8.18. The Hall–Kier alpha value is -1.03. The van der Waals surface area contributed by atoms with Gasteiger partial charge < -0.3 is 0 Å². The molecule has 0 amide bonds. The van der Waals surface area contributed by atoms with Crippen molar-refractivity contribution < 1.29 is 0 Å². The number of hydrogen-bond donors (Lipinski definition) is 0. The highest BCUT2D eigenvalue weighted by Gasteiger charge is 2.20. The molecule has 1 aliphatic heterocycles. The Morgan fingerprint density at radius 3 is 3.00 bits per heavy atom. The summed E-state index contributed by atoms with van der Waals surface area (Å²) >= 11 is 5.79. The molecule has 0 bridgehead atoms. The third-order valence-corrected chi connectivity index (χ3v) is 1.86. The lowest BCUT2D eigenvalue weighted by atomic mass is 10.2.